The van der Waals surface area contributed by atoms with Gasteiger partial charge in [-0.1, -0.05) is 60.7 Å². The monoisotopic (exact) mass is 559 g/mol. The van der Waals surface area contributed by atoms with Crippen molar-refractivity contribution in [2.45, 2.75) is 39.3 Å². The molecule has 0 aliphatic carbocycles. The van der Waals surface area contributed by atoms with Gasteiger partial charge in [0, 0.05) is 41.6 Å². The zero-order valence-corrected chi connectivity index (χ0v) is 24.3. The minimum atomic E-state index is -0.149. The van der Waals surface area contributed by atoms with Crippen LogP contribution in [-0.2, 0) is 4.79 Å². The number of fused-ring (bicyclic) bond motifs is 1. The van der Waals surface area contributed by atoms with Crippen LogP contribution in [0.5, 0.6) is 0 Å². The Morgan fingerprint density at radius 2 is 1.71 bits per heavy atom. The lowest BCUT2D eigenvalue weighted by molar-refractivity contribution is -0.116. The van der Waals surface area contributed by atoms with Gasteiger partial charge < -0.3 is 20.1 Å². The molecule has 6 rings (SSSR count). The van der Waals surface area contributed by atoms with Crippen LogP contribution in [-0.4, -0.2) is 32.0 Å². The topological polar surface area (TPSA) is 62.2 Å². The Balaban J connectivity index is 1.37. The molecule has 2 atom stereocenters. The molecule has 1 fully saturated rings. The number of nitrogens with zero attached hydrogens (tertiary/aromatic N) is 3. The fourth-order valence-electron chi connectivity index (χ4n) is 5.99. The number of carbonyl (C=O) groups excluding carboxylic acids is 1. The third kappa shape index (κ3) is 5.09. The van der Waals surface area contributed by atoms with Crippen LogP contribution in [0, 0.1) is 20.8 Å². The third-order valence-corrected chi connectivity index (χ3v) is 8.35. The average Bonchev–Trinajstić information content (AvgIpc) is 3.47. The van der Waals surface area contributed by atoms with Crippen LogP contribution in [0.1, 0.15) is 46.7 Å². The Kier molecular flexibility index (Phi) is 7.28. The van der Waals surface area contributed by atoms with Crippen molar-refractivity contribution in [2.75, 3.05) is 11.9 Å². The van der Waals surface area contributed by atoms with Crippen molar-refractivity contribution in [3.8, 4) is 5.69 Å². The highest BCUT2D eigenvalue weighted by Crippen LogP contribution is 2.42. The number of nitrogens with one attached hydrogen (secondary N) is 2. The zero-order valence-electron chi connectivity index (χ0n) is 23.5. The molecule has 206 valence electrons. The highest BCUT2D eigenvalue weighted by Gasteiger charge is 2.41. The lowest BCUT2D eigenvalue weighted by atomic mass is 9.96. The molecule has 0 radical (unpaired) electrons. The van der Waals surface area contributed by atoms with E-state index in [9.17, 15) is 4.79 Å². The molecular weight excluding hydrogens is 526 g/mol. The summed E-state index contributed by atoms with van der Waals surface area (Å²) in [6, 6.07) is 30.7. The first-order chi connectivity index (χ1) is 19.9. The molecule has 1 amide bonds. The number of carbonyl (C=O) groups is 1. The Bertz CT molecular complexity index is 1740. The third-order valence-electron chi connectivity index (χ3n) is 7.99. The minimum absolute atomic E-state index is 0.0386. The summed E-state index contributed by atoms with van der Waals surface area (Å²) in [5.74, 6) is -0.0386. The molecule has 5 aromatic rings. The van der Waals surface area contributed by atoms with Crippen molar-refractivity contribution in [3.63, 3.8) is 0 Å². The SMILES string of the molecule is Cc1ccccc1NC(=O)CCN1C(=S)N[C@@H](c2ccccn2)[C@H]1c1cc(C)n(-c2cccc3ccccc23)c1C. The van der Waals surface area contributed by atoms with E-state index in [0.717, 1.165) is 39.6 Å². The number of hydrogen-bond donors (Lipinski definition) is 2. The van der Waals surface area contributed by atoms with Crippen LogP contribution in [0.2, 0.25) is 0 Å². The molecule has 0 bridgehead atoms. The summed E-state index contributed by atoms with van der Waals surface area (Å²) < 4.78 is 2.33. The standard InChI is InChI=1S/C34H33N5OS/c1-22-11-4-7-15-28(22)36-31(40)18-20-38-33(32(37-34(38)41)29-16-8-9-19-35-29)27-21-23(2)39(24(27)3)30-17-10-13-25-12-5-6-14-26(25)30/h4-17,19,21,32-33H,18,20H2,1-3H3,(H,36,40)(H,37,41)/t32-,33+/m0/s1. The first-order valence-electron chi connectivity index (χ1n) is 13.9. The van der Waals surface area contributed by atoms with E-state index in [1.54, 1.807) is 0 Å². The Morgan fingerprint density at radius 3 is 2.51 bits per heavy atom. The lowest BCUT2D eigenvalue weighted by Gasteiger charge is -2.28. The summed E-state index contributed by atoms with van der Waals surface area (Å²) in [6.07, 6.45) is 2.12. The molecule has 6 nitrogen and oxygen atoms in total. The van der Waals surface area contributed by atoms with E-state index >= 15 is 0 Å². The van der Waals surface area contributed by atoms with Gasteiger partial charge in [-0.25, -0.2) is 0 Å². The van der Waals surface area contributed by atoms with Gasteiger partial charge in [0.05, 0.1) is 23.5 Å². The summed E-state index contributed by atoms with van der Waals surface area (Å²) >= 11 is 5.89. The van der Waals surface area contributed by atoms with Crippen molar-refractivity contribution >= 4 is 39.7 Å². The first-order valence-corrected chi connectivity index (χ1v) is 14.3. The second-order valence-electron chi connectivity index (χ2n) is 10.6. The minimum Gasteiger partial charge on any atom is -0.352 e. The fourth-order valence-corrected chi connectivity index (χ4v) is 6.33. The van der Waals surface area contributed by atoms with Gasteiger partial charge in [0.1, 0.15) is 0 Å². The van der Waals surface area contributed by atoms with E-state index in [2.05, 4.69) is 87.5 Å². The number of aryl methyl sites for hydroxylation is 2. The number of para-hydroxylation sites is 1. The summed E-state index contributed by atoms with van der Waals surface area (Å²) in [6.45, 7) is 6.79. The zero-order chi connectivity index (χ0) is 28.5. The highest BCUT2D eigenvalue weighted by molar-refractivity contribution is 7.80. The second-order valence-corrected chi connectivity index (χ2v) is 11.0. The Labute approximate surface area is 246 Å². The van der Waals surface area contributed by atoms with Gasteiger partial charge in [0.15, 0.2) is 5.11 Å². The normalized spacial score (nSPS) is 16.7. The summed E-state index contributed by atoms with van der Waals surface area (Å²) in [5, 5.41) is 9.63. The van der Waals surface area contributed by atoms with Crippen LogP contribution in [0.4, 0.5) is 5.69 Å². The number of aromatic nitrogens is 2. The van der Waals surface area contributed by atoms with Crippen molar-refractivity contribution in [1.82, 2.24) is 19.8 Å². The first kappa shape index (κ1) is 26.7. The van der Waals surface area contributed by atoms with E-state index in [1.165, 1.54) is 10.8 Å². The molecule has 1 aliphatic rings. The van der Waals surface area contributed by atoms with Gasteiger partial charge in [-0.15, -0.1) is 0 Å². The summed E-state index contributed by atoms with van der Waals surface area (Å²) in [7, 11) is 0. The number of pyridine rings is 1. The van der Waals surface area contributed by atoms with Crippen molar-refractivity contribution in [3.05, 3.63) is 125 Å². The van der Waals surface area contributed by atoms with Gasteiger partial charge in [0.25, 0.3) is 0 Å². The van der Waals surface area contributed by atoms with Crippen LogP contribution in [0.15, 0.2) is 97.2 Å². The van der Waals surface area contributed by atoms with E-state index < -0.39 is 0 Å². The van der Waals surface area contributed by atoms with Gasteiger partial charge in [-0.05, 0) is 79.8 Å². The fraction of sp³-hybridized carbons (Fsp3) is 0.206. The summed E-state index contributed by atoms with van der Waals surface area (Å²) in [4.78, 5) is 19.9. The smallest absolute Gasteiger partial charge is 0.226 e. The molecular formula is C34H33N5OS. The van der Waals surface area contributed by atoms with Crippen LogP contribution >= 0.6 is 12.2 Å². The predicted octanol–water partition coefficient (Wildman–Crippen LogP) is 6.95. The molecule has 2 N–H and O–H groups in total. The van der Waals surface area contributed by atoms with E-state index in [-0.39, 0.29) is 18.0 Å². The number of benzene rings is 3. The van der Waals surface area contributed by atoms with E-state index in [0.29, 0.717) is 18.1 Å². The molecule has 7 heteroatoms. The van der Waals surface area contributed by atoms with Crippen LogP contribution in [0.25, 0.3) is 16.5 Å². The number of amides is 1. The van der Waals surface area contributed by atoms with Crippen molar-refractivity contribution < 1.29 is 4.79 Å². The molecule has 2 aromatic heterocycles. The quantitative estimate of drug-likeness (QED) is 0.211. The number of hydrogen-bond acceptors (Lipinski definition) is 3. The van der Waals surface area contributed by atoms with Gasteiger partial charge in [-0.3, -0.25) is 9.78 Å². The maximum atomic E-state index is 13.0. The average molecular weight is 560 g/mol. The maximum Gasteiger partial charge on any atom is 0.226 e. The molecule has 0 saturated carbocycles. The number of anilines is 1. The second kappa shape index (κ2) is 11.2. The maximum absolute atomic E-state index is 13.0. The largest absolute Gasteiger partial charge is 0.352 e. The van der Waals surface area contributed by atoms with Crippen molar-refractivity contribution in [2.24, 2.45) is 0 Å². The van der Waals surface area contributed by atoms with Gasteiger partial charge >= 0.3 is 0 Å². The molecule has 41 heavy (non-hydrogen) atoms. The molecule has 1 saturated heterocycles. The molecule has 3 aromatic carbocycles. The molecule has 0 spiro atoms. The van der Waals surface area contributed by atoms with E-state index in [4.69, 9.17) is 12.2 Å². The van der Waals surface area contributed by atoms with Crippen LogP contribution in [0.3, 0.4) is 0 Å². The lowest BCUT2D eigenvalue weighted by Crippen LogP contribution is -2.33. The van der Waals surface area contributed by atoms with Gasteiger partial charge in [-0.2, -0.15) is 0 Å². The Morgan fingerprint density at radius 1 is 0.951 bits per heavy atom. The molecule has 0 unspecified atom stereocenters. The van der Waals surface area contributed by atoms with E-state index in [1.807, 2.05) is 55.6 Å². The molecule has 3 heterocycles. The van der Waals surface area contributed by atoms with Gasteiger partial charge in [0.2, 0.25) is 5.91 Å². The number of rotatable bonds is 7. The Hall–Kier alpha value is -4.49. The number of thiocarbonyl (C=S) groups is 1. The predicted molar refractivity (Wildman–Crippen MR) is 169 cm³/mol. The van der Waals surface area contributed by atoms with Crippen molar-refractivity contribution in [1.29, 1.82) is 0 Å². The molecule has 1 aliphatic heterocycles. The van der Waals surface area contributed by atoms with Crippen LogP contribution < -0.4 is 10.6 Å². The highest BCUT2D eigenvalue weighted by atomic mass is 32.1. The summed E-state index contributed by atoms with van der Waals surface area (Å²) in [5.41, 5.74) is 7.39.